The highest BCUT2D eigenvalue weighted by Crippen LogP contribution is 2.44. The van der Waals surface area contributed by atoms with Crippen LogP contribution in [0, 0.1) is 5.92 Å². The fourth-order valence-electron chi connectivity index (χ4n) is 2.56. The quantitative estimate of drug-likeness (QED) is 0.692. The first kappa shape index (κ1) is 17.7. The summed E-state index contributed by atoms with van der Waals surface area (Å²) in [6.45, 7) is -0.827. The van der Waals surface area contributed by atoms with Gasteiger partial charge in [0.25, 0.3) is 0 Å². The first-order valence-electron chi connectivity index (χ1n) is 6.71. The number of nitrogens with zero attached hydrogens (tertiary/aromatic N) is 1. The molecular weight excluding hydrogens is 333 g/mol. The van der Waals surface area contributed by atoms with Crippen molar-refractivity contribution in [2.75, 3.05) is 18.5 Å². The van der Waals surface area contributed by atoms with Crippen LogP contribution in [0.25, 0.3) is 0 Å². The van der Waals surface area contributed by atoms with Gasteiger partial charge in [-0.05, 0) is 12.1 Å². The van der Waals surface area contributed by atoms with E-state index in [0.717, 1.165) is 17.0 Å². The molecule has 0 radical (unpaired) electrons. The Bertz CT molecular complexity index is 704. The predicted octanol–water partition coefficient (Wildman–Crippen LogP) is 0.532. The highest BCUT2D eigenvalue weighted by atomic mass is 19.4. The number of aliphatic carboxylic acids is 1. The number of alkyl halides is 3. The number of hydrogen-bond acceptors (Lipinski definition) is 4. The van der Waals surface area contributed by atoms with E-state index in [0.29, 0.717) is 0 Å². The van der Waals surface area contributed by atoms with Gasteiger partial charge >= 0.3 is 12.1 Å². The Balaban J connectivity index is 2.50. The molecule has 7 nitrogen and oxygen atoms in total. The zero-order chi connectivity index (χ0) is 18.2. The van der Waals surface area contributed by atoms with E-state index in [4.69, 9.17) is 5.11 Å². The number of amides is 2. The number of rotatable bonds is 3. The first-order chi connectivity index (χ1) is 11.1. The van der Waals surface area contributed by atoms with Gasteiger partial charge in [0, 0.05) is 18.3 Å². The van der Waals surface area contributed by atoms with E-state index in [-0.39, 0.29) is 5.69 Å². The summed E-state index contributed by atoms with van der Waals surface area (Å²) in [4.78, 5) is 35.5. The van der Waals surface area contributed by atoms with E-state index in [2.05, 4.69) is 0 Å². The summed E-state index contributed by atoms with van der Waals surface area (Å²) in [5.41, 5.74) is -1.92. The van der Waals surface area contributed by atoms with Crippen molar-refractivity contribution in [3.63, 3.8) is 0 Å². The smallest absolute Gasteiger partial charge is 0.416 e. The molecule has 2 atom stereocenters. The molecule has 1 aromatic rings. The number of anilines is 1. The zero-order valence-corrected chi connectivity index (χ0v) is 12.3. The van der Waals surface area contributed by atoms with Gasteiger partial charge in [-0.2, -0.15) is 13.2 Å². The number of nitrogens with one attached hydrogen (secondary N) is 1. The lowest BCUT2D eigenvalue weighted by molar-refractivity contribution is -0.146. The summed E-state index contributed by atoms with van der Waals surface area (Å²) < 4.78 is 39.5. The van der Waals surface area contributed by atoms with Gasteiger partial charge in [0.05, 0.1) is 5.56 Å². The van der Waals surface area contributed by atoms with Gasteiger partial charge in [0.15, 0.2) is 0 Å². The summed E-state index contributed by atoms with van der Waals surface area (Å²) in [7, 11) is 1.17. The summed E-state index contributed by atoms with van der Waals surface area (Å²) in [6.07, 6.45) is -6.84. The molecule has 1 aliphatic heterocycles. The molecule has 1 heterocycles. The standard InChI is InChI=1S/C14H13F3N2O5/c1-19-7-4-2-3-6(14(15,16)17)9(7)11(22)10(13(19)24)12(23)18-5-8(20)21/h2-4,10-11,22H,5H2,1H3,(H,18,23)(H,20,21). The number of carboxylic acid groups (broad SMARTS) is 1. The summed E-state index contributed by atoms with van der Waals surface area (Å²) >= 11 is 0. The van der Waals surface area contributed by atoms with Crippen LogP contribution in [0.4, 0.5) is 18.9 Å². The average molecular weight is 346 g/mol. The lowest BCUT2D eigenvalue weighted by Crippen LogP contribution is -2.49. The van der Waals surface area contributed by atoms with Gasteiger partial charge in [-0.1, -0.05) is 6.07 Å². The van der Waals surface area contributed by atoms with Gasteiger partial charge in [0.2, 0.25) is 11.8 Å². The van der Waals surface area contributed by atoms with Crippen LogP contribution in [0.3, 0.4) is 0 Å². The van der Waals surface area contributed by atoms with Crippen molar-refractivity contribution < 1.29 is 37.8 Å². The maximum atomic E-state index is 13.2. The van der Waals surface area contributed by atoms with E-state index in [9.17, 15) is 32.7 Å². The number of aliphatic hydroxyl groups excluding tert-OH is 1. The highest BCUT2D eigenvalue weighted by Gasteiger charge is 2.47. The van der Waals surface area contributed by atoms with E-state index in [1.54, 1.807) is 0 Å². The van der Waals surface area contributed by atoms with Crippen LogP contribution in [0.5, 0.6) is 0 Å². The maximum Gasteiger partial charge on any atom is 0.416 e. The second-order valence-corrected chi connectivity index (χ2v) is 5.17. The van der Waals surface area contributed by atoms with E-state index >= 15 is 0 Å². The number of halogens is 3. The van der Waals surface area contributed by atoms with Crippen molar-refractivity contribution in [2.45, 2.75) is 12.3 Å². The van der Waals surface area contributed by atoms with E-state index < -0.39 is 53.7 Å². The summed E-state index contributed by atoms with van der Waals surface area (Å²) in [5.74, 6) is -5.36. The second-order valence-electron chi connectivity index (χ2n) is 5.17. The molecule has 0 spiro atoms. The van der Waals surface area contributed by atoms with Crippen LogP contribution < -0.4 is 10.2 Å². The third-order valence-corrected chi connectivity index (χ3v) is 3.65. The molecule has 10 heteroatoms. The van der Waals surface area contributed by atoms with Crippen LogP contribution in [-0.4, -0.2) is 41.6 Å². The topological polar surface area (TPSA) is 107 Å². The molecule has 0 aromatic heterocycles. The zero-order valence-electron chi connectivity index (χ0n) is 12.3. The number of carbonyl (C=O) groups excluding carboxylic acids is 2. The molecule has 3 N–H and O–H groups in total. The molecule has 0 saturated carbocycles. The summed E-state index contributed by atoms with van der Waals surface area (Å²) in [6, 6.07) is 3.04. The Morgan fingerprint density at radius 2 is 1.96 bits per heavy atom. The lowest BCUT2D eigenvalue weighted by Gasteiger charge is -2.35. The van der Waals surface area contributed by atoms with E-state index in [1.807, 2.05) is 5.32 Å². The first-order valence-corrected chi connectivity index (χ1v) is 6.71. The molecule has 1 aliphatic rings. The van der Waals surface area contributed by atoms with Crippen molar-refractivity contribution in [1.82, 2.24) is 5.32 Å². The Hall–Kier alpha value is -2.62. The van der Waals surface area contributed by atoms with Crippen molar-refractivity contribution in [3.8, 4) is 0 Å². The summed E-state index contributed by atoms with van der Waals surface area (Å²) in [5, 5.41) is 20.7. The molecule has 2 amide bonds. The van der Waals surface area contributed by atoms with Gasteiger partial charge in [0.1, 0.15) is 18.6 Å². The van der Waals surface area contributed by atoms with Crippen molar-refractivity contribution in [1.29, 1.82) is 0 Å². The van der Waals surface area contributed by atoms with Crippen LogP contribution in [0.15, 0.2) is 18.2 Å². The number of carbonyl (C=O) groups is 3. The third kappa shape index (κ3) is 3.04. The van der Waals surface area contributed by atoms with Gasteiger partial charge < -0.3 is 20.4 Å². The number of benzene rings is 1. The minimum Gasteiger partial charge on any atom is -0.480 e. The van der Waals surface area contributed by atoms with Crippen molar-refractivity contribution in [2.24, 2.45) is 5.92 Å². The van der Waals surface area contributed by atoms with Crippen LogP contribution in [-0.2, 0) is 20.6 Å². The molecular formula is C14H13F3N2O5. The minimum atomic E-state index is -4.80. The SMILES string of the molecule is CN1C(=O)C(C(=O)NCC(=O)O)C(O)c2c1cccc2C(F)(F)F. The maximum absolute atomic E-state index is 13.2. The van der Waals surface area contributed by atoms with E-state index in [1.165, 1.54) is 13.1 Å². The Labute approximate surface area is 133 Å². The fourth-order valence-corrected chi connectivity index (χ4v) is 2.56. The van der Waals surface area contributed by atoms with Crippen molar-refractivity contribution in [3.05, 3.63) is 29.3 Å². The molecule has 2 unspecified atom stereocenters. The second kappa shape index (κ2) is 6.11. The molecule has 130 valence electrons. The predicted molar refractivity (Wildman–Crippen MR) is 73.9 cm³/mol. The molecule has 0 bridgehead atoms. The number of aliphatic hydroxyl groups is 1. The number of carboxylic acids is 1. The van der Waals surface area contributed by atoms with Gasteiger partial charge in [-0.25, -0.2) is 0 Å². The molecule has 0 fully saturated rings. The Kier molecular flexibility index (Phi) is 4.52. The minimum absolute atomic E-state index is 0.162. The average Bonchev–Trinajstić information content (AvgIpc) is 2.49. The Morgan fingerprint density at radius 1 is 1.33 bits per heavy atom. The molecule has 1 aromatic carbocycles. The largest absolute Gasteiger partial charge is 0.480 e. The van der Waals surface area contributed by atoms with Gasteiger partial charge in [-0.15, -0.1) is 0 Å². The van der Waals surface area contributed by atoms with Crippen LogP contribution in [0.2, 0.25) is 0 Å². The Morgan fingerprint density at radius 3 is 2.50 bits per heavy atom. The molecule has 24 heavy (non-hydrogen) atoms. The van der Waals surface area contributed by atoms with Crippen molar-refractivity contribution >= 4 is 23.5 Å². The normalized spacial score (nSPS) is 20.5. The van der Waals surface area contributed by atoms with Crippen LogP contribution in [0.1, 0.15) is 17.2 Å². The number of fused-ring (bicyclic) bond motifs is 1. The lowest BCUT2D eigenvalue weighted by atomic mass is 9.85. The monoisotopic (exact) mass is 346 g/mol. The fraction of sp³-hybridized carbons (Fsp3) is 0.357. The number of hydrogen-bond donors (Lipinski definition) is 3. The van der Waals surface area contributed by atoms with Crippen LogP contribution >= 0.6 is 0 Å². The van der Waals surface area contributed by atoms with Gasteiger partial charge in [-0.3, -0.25) is 14.4 Å². The molecule has 0 saturated heterocycles. The molecule has 0 aliphatic carbocycles. The molecule has 2 rings (SSSR count). The third-order valence-electron chi connectivity index (χ3n) is 3.65. The highest BCUT2D eigenvalue weighted by molar-refractivity contribution is 6.10.